The number of hydrogen-bond acceptors (Lipinski definition) is 3. The second kappa shape index (κ2) is 13.5. The SMILES string of the molecule is CCCCC(CC)C(=O)N(CC(=O)N(CCc1c[nH]c2ccccc12)Cc1ccc(OCC)cc1)C1CC1. The Morgan fingerprint density at radius 1 is 1.05 bits per heavy atom. The molecule has 6 heteroatoms. The molecular formula is C32H43N3O3. The first-order valence-corrected chi connectivity index (χ1v) is 14.4. The van der Waals surface area contributed by atoms with E-state index in [2.05, 4.69) is 31.0 Å². The molecule has 1 aliphatic rings. The maximum Gasteiger partial charge on any atom is 0.242 e. The lowest BCUT2D eigenvalue weighted by atomic mass is 9.97. The number of carbonyl (C=O) groups is 2. The fourth-order valence-corrected chi connectivity index (χ4v) is 5.17. The number of rotatable bonds is 15. The number of hydrogen-bond donors (Lipinski definition) is 1. The number of benzene rings is 2. The number of ether oxygens (including phenoxy) is 1. The van der Waals surface area contributed by atoms with Crippen molar-refractivity contribution in [3.8, 4) is 5.75 Å². The molecule has 0 saturated heterocycles. The van der Waals surface area contributed by atoms with E-state index in [4.69, 9.17) is 4.74 Å². The van der Waals surface area contributed by atoms with Crippen LogP contribution in [-0.4, -0.2) is 52.3 Å². The van der Waals surface area contributed by atoms with Crippen LogP contribution in [0, 0.1) is 5.92 Å². The largest absolute Gasteiger partial charge is 0.494 e. The van der Waals surface area contributed by atoms with E-state index in [1.54, 1.807) is 0 Å². The van der Waals surface area contributed by atoms with E-state index < -0.39 is 0 Å². The van der Waals surface area contributed by atoms with Gasteiger partial charge in [-0.25, -0.2) is 0 Å². The van der Waals surface area contributed by atoms with E-state index in [1.807, 2.05) is 59.3 Å². The minimum atomic E-state index is 0.00845. The molecule has 1 aromatic heterocycles. The molecule has 204 valence electrons. The summed E-state index contributed by atoms with van der Waals surface area (Å²) >= 11 is 0. The van der Waals surface area contributed by atoms with E-state index >= 15 is 0 Å². The molecule has 0 aliphatic heterocycles. The Morgan fingerprint density at radius 3 is 2.50 bits per heavy atom. The average Bonchev–Trinajstić information content (AvgIpc) is 3.70. The van der Waals surface area contributed by atoms with Crippen molar-refractivity contribution in [1.82, 2.24) is 14.8 Å². The number of nitrogens with one attached hydrogen (secondary N) is 1. The van der Waals surface area contributed by atoms with Crippen LogP contribution in [0.5, 0.6) is 5.75 Å². The molecule has 1 fully saturated rings. The average molecular weight is 518 g/mol. The summed E-state index contributed by atoms with van der Waals surface area (Å²) < 4.78 is 5.60. The highest BCUT2D eigenvalue weighted by molar-refractivity contribution is 5.87. The third-order valence-corrected chi connectivity index (χ3v) is 7.61. The molecule has 1 heterocycles. The Morgan fingerprint density at radius 2 is 1.82 bits per heavy atom. The lowest BCUT2D eigenvalue weighted by Crippen LogP contribution is -2.46. The van der Waals surface area contributed by atoms with Crippen LogP contribution < -0.4 is 4.74 Å². The monoisotopic (exact) mass is 517 g/mol. The van der Waals surface area contributed by atoms with Crippen LogP contribution in [0.15, 0.2) is 54.7 Å². The summed E-state index contributed by atoms with van der Waals surface area (Å²) in [6, 6.07) is 16.4. The first-order valence-electron chi connectivity index (χ1n) is 14.4. The van der Waals surface area contributed by atoms with Gasteiger partial charge < -0.3 is 19.5 Å². The topological polar surface area (TPSA) is 65.6 Å². The van der Waals surface area contributed by atoms with Crippen LogP contribution in [0.4, 0.5) is 0 Å². The Kier molecular flexibility index (Phi) is 9.85. The second-order valence-corrected chi connectivity index (χ2v) is 10.4. The van der Waals surface area contributed by atoms with Crippen LogP contribution in [0.3, 0.4) is 0 Å². The first-order chi connectivity index (χ1) is 18.5. The molecular weight excluding hydrogens is 474 g/mol. The number of fused-ring (bicyclic) bond motifs is 1. The molecule has 38 heavy (non-hydrogen) atoms. The van der Waals surface area contributed by atoms with Gasteiger partial charge in [0, 0.05) is 42.1 Å². The fraction of sp³-hybridized carbons (Fsp3) is 0.500. The van der Waals surface area contributed by atoms with Crippen molar-refractivity contribution in [3.63, 3.8) is 0 Å². The molecule has 4 rings (SSSR count). The number of aromatic amines is 1. The number of amides is 2. The van der Waals surface area contributed by atoms with Gasteiger partial charge in [0.25, 0.3) is 0 Å². The van der Waals surface area contributed by atoms with Crippen molar-refractivity contribution in [2.45, 2.75) is 78.3 Å². The third-order valence-electron chi connectivity index (χ3n) is 7.61. The summed E-state index contributed by atoms with van der Waals surface area (Å²) in [5.41, 5.74) is 3.36. The third kappa shape index (κ3) is 7.18. The Hall–Kier alpha value is -3.28. The van der Waals surface area contributed by atoms with Gasteiger partial charge in [-0.3, -0.25) is 9.59 Å². The second-order valence-electron chi connectivity index (χ2n) is 10.4. The molecule has 0 bridgehead atoms. The quantitative estimate of drug-likeness (QED) is 0.256. The van der Waals surface area contributed by atoms with Gasteiger partial charge in [-0.2, -0.15) is 0 Å². The number of H-pyrrole nitrogens is 1. The summed E-state index contributed by atoms with van der Waals surface area (Å²) in [6.07, 6.45) is 8.64. The molecule has 0 spiro atoms. The van der Waals surface area contributed by atoms with E-state index in [0.29, 0.717) is 19.7 Å². The maximum atomic E-state index is 13.8. The molecule has 1 aliphatic carbocycles. The number of carbonyl (C=O) groups excluding carboxylic acids is 2. The zero-order valence-electron chi connectivity index (χ0n) is 23.2. The summed E-state index contributed by atoms with van der Waals surface area (Å²) in [5.74, 6) is 1.02. The molecule has 0 radical (unpaired) electrons. The molecule has 2 amide bonds. The van der Waals surface area contributed by atoms with Crippen LogP contribution in [-0.2, 0) is 22.6 Å². The Bertz CT molecular complexity index is 1180. The summed E-state index contributed by atoms with van der Waals surface area (Å²) in [6.45, 7) is 8.10. The van der Waals surface area contributed by atoms with E-state index in [-0.39, 0.29) is 30.3 Å². The van der Waals surface area contributed by atoms with Crippen molar-refractivity contribution >= 4 is 22.7 Å². The van der Waals surface area contributed by atoms with Crippen LogP contribution >= 0.6 is 0 Å². The van der Waals surface area contributed by atoms with Crippen molar-refractivity contribution in [2.24, 2.45) is 5.92 Å². The van der Waals surface area contributed by atoms with Crippen LogP contribution in [0.2, 0.25) is 0 Å². The van der Waals surface area contributed by atoms with Crippen molar-refractivity contribution in [1.29, 1.82) is 0 Å². The standard InChI is InChI=1S/C32H43N3O3/c1-4-7-10-25(5-2)32(37)35(27-15-16-27)23-31(36)34(22-24-13-17-28(18-14-24)38-6-3)20-19-26-21-33-30-12-9-8-11-29(26)30/h8-9,11-14,17-18,21,25,27,33H,4-7,10,15-16,19-20,22-23H2,1-3H3. The number of aromatic nitrogens is 1. The van der Waals surface area contributed by atoms with Crippen molar-refractivity contribution in [2.75, 3.05) is 19.7 Å². The zero-order chi connectivity index (χ0) is 26.9. The lowest BCUT2D eigenvalue weighted by Gasteiger charge is -2.30. The summed E-state index contributed by atoms with van der Waals surface area (Å²) in [5, 5.41) is 1.19. The van der Waals surface area contributed by atoms with Crippen LogP contribution in [0.1, 0.15) is 70.4 Å². The molecule has 2 aromatic carbocycles. The van der Waals surface area contributed by atoms with E-state index in [9.17, 15) is 9.59 Å². The minimum Gasteiger partial charge on any atom is -0.494 e. The predicted molar refractivity (Wildman–Crippen MR) is 153 cm³/mol. The van der Waals surface area contributed by atoms with Gasteiger partial charge in [-0.15, -0.1) is 0 Å². The molecule has 1 atom stereocenters. The Labute approximate surface area is 227 Å². The van der Waals surface area contributed by atoms with Crippen LogP contribution in [0.25, 0.3) is 10.9 Å². The normalized spacial score (nSPS) is 13.9. The van der Waals surface area contributed by atoms with Gasteiger partial charge in [0.1, 0.15) is 12.3 Å². The van der Waals surface area contributed by atoms with Crippen molar-refractivity contribution < 1.29 is 14.3 Å². The highest BCUT2D eigenvalue weighted by Gasteiger charge is 2.37. The van der Waals surface area contributed by atoms with Gasteiger partial charge in [-0.1, -0.05) is 57.0 Å². The maximum absolute atomic E-state index is 13.8. The van der Waals surface area contributed by atoms with Gasteiger partial charge in [0.05, 0.1) is 6.61 Å². The van der Waals surface area contributed by atoms with Gasteiger partial charge in [0.2, 0.25) is 11.8 Å². The number of nitrogens with zero attached hydrogens (tertiary/aromatic N) is 2. The first kappa shape index (κ1) is 27.7. The lowest BCUT2D eigenvalue weighted by molar-refractivity contribution is -0.144. The predicted octanol–water partition coefficient (Wildman–Crippen LogP) is 6.35. The Balaban J connectivity index is 1.50. The molecule has 3 aromatic rings. The minimum absolute atomic E-state index is 0.00845. The number of unbranched alkanes of at least 4 members (excludes halogenated alkanes) is 1. The summed E-state index contributed by atoms with van der Waals surface area (Å²) in [7, 11) is 0. The molecule has 6 nitrogen and oxygen atoms in total. The van der Waals surface area contributed by atoms with Crippen molar-refractivity contribution in [3.05, 3.63) is 65.9 Å². The highest BCUT2D eigenvalue weighted by Crippen LogP contribution is 2.30. The number of para-hydroxylation sites is 1. The molecule has 1 saturated carbocycles. The molecule has 1 unspecified atom stereocenters. The van der Waals surface area contributed by atoms with E-state index in [1.165, 1.54) is 10.9 Å². The zero-order valence-corrected chi connectivity index (χ0v) is 23.2. The van der Waals surface area contributed by atoms with E-state index in [0.717, 1.165) is 61.8 Å². The fourth-order valence-electron chi connectivity index (χ4n) is 5.17. The smallest absolute Gasteiger partial charge is 0.242 e. The van der Waals surface area contributed by atoms with Gasteiger partial charge in [0.15, 0.2) is 0 Å². The molecule has 1 N–H and O–H groups in total. The highest BCUT2D eigenvalue weighted by atomic mass is 16.5. The van der Waals surface area contributed by atoms with Gasteiger partial charge >= 0.3 is 0 Å². The summed E-state index contributed by atoms with van der Waals surface area (Å²) in [4.78, 5) is 34.5. The van der Waals surface area contributed by atoms with Gasteiger partial charge in [-0.05, 0) is 68.4 Å².